The maximum absolute atomic E-state index is 12.4. The smallest absolute Gasteiger partial charge is 0.237 e. The Bertz CT molecular complexity index is 469. The first-order valence-corrected chi connectivity index (χ1v) is 10.3. The average Bonchev–Trinajstić information content (AvgIpc) is 2.80. The Morgan fingerprint density at radius 2 is 1.65 bits per heavy atom. The van der Waals surface area contributed by atoms with Crippen molar-refractivity contribution >= 4 is 15.9 Å². The summed E-state index contributed by atoms with van der Waals surface area (Å²) in [5, 5.41) is 0. The van der Waals surface area contributed by atoms with Crippen molar-refractivity contribution in [3.05, 3.63) is 0 Å². The lowest BCUT2D eigenvalue weighted by Gasteiger charge is -2.30. The van der Waals surface area contributed by atoms with E-state index in [0.29, 0.717) is 26.3 Å². The minimum Gasteiger partial charge on any atom is -0.379 e. The van der Waals surface area contributed by atoms with Crippen molar-refractivity contribution in [2.24, 2.45) is 0 Å². The maximum atomic E-state index is 12.4. The van der Waals surface area contributed by atoms with E-state index < -0.39 is 10.0 Å². The van der Waals surface area contributed by atoms with Gasteiger partial charge in [-0.15, -0.1) is 0 Å². The molecule has 1 amide bonds. The number of carbonyl (C=O) groups excluding carboxylic acids is 1. The molecule has 2 aliphatic heterocycles. The highest BCUT2D eigenvalue weighted by Crippen LogP contribution is 2.11. The first-order valence-electron chi connectivity index (χ1n) is 8.50. The van der Waals surface area contributed by atoms with Gasteiger partial charge in [0.1, 0.15) is 0 Å². The third kappa shape index (κ3) is 6.37. The van der Waals surface area contributed by atoms with Gasteiger partial charge in [0.2, 0.25) is 15.9 Å². The number of rotatable bonds is 6. The lowest BCUT2D eigenvalue weighted by atomic mass is 10.2. The van der Waals surface area contributed by atoms with Gasteiger partial charge in [-0.05, 0) is 12.8 Å². The summed E-state index contributed by atoms with van der Waals surface area (Å²) in [6.45, 7) is 5.47. The summed E-state index contributed by atoms with van der Waals surface area (Å²) in [5.74, 6) is -0.0701. The molecule has 0 spiro atoms. The van der Waals surface area contributed by atoms with Gasteiger partial charge in [0, 0.05) is 39.3 Å². The van der Waals surface area contributed by atoms with Crippen LogP contribution in [0.4, 0.5) is 0 Å². The zero-order valence-corrected chi connectivity index (χ0v) is 14.9. The number of sulfonamides is 1. The van der Waals surface area contributed by atoms with Crippen molar-refractivity contribution in [1.82, 2.24) is 14.1 Å². The molecule has 0 aliphatic carbocycles. The molecule has 0 saturated carbocycles. The van der Waals surface area contributed by atoms with Crippen molar-refractivity contribution in [1.29, 1.82) is 0 Å². The highest BCUT2D eigenvalue weighted by Gasteiger charge is 2.24. The molecule has 2 aliphatic rings. The molecule has 2 fully saturated rings. The fourth-order valence-corrected chi connectivity index (χ4v) is 3.77. The topological polar surface area (TPSA) is 70.2 Å². The lowest BCUT2D eigenvalue weighted by Crippen LogP contribution is -2.47. The van der Waals surface area contributed by atoms with Crippen LogP contribution in [0, 0.1) is 0 Å². The highest BCUT2D eigenvalue weighted by molar-refractivity contribution is 7.88. The zero-order valence-electron chi connectivity index (χ0n) is 14.1. The fraction of sp³-hybridized carbons (Fsp3) is 0.933. The number of morpholine rings is 1. The van der Waals surface area contributed by atoms with Gasteiger partial charge in [-0.2, -0.15) is 4.31 Å². The van der Waals surface area contributed by atoms with Gasteiger partial charge in [0.05, 0.1) is 26.0 Å². The van der Waals surface area contributed by atoms with Crippen molar-refractivity contribution in [2.45, 2.75) is 25.7 Å². The SMILES string of the molecule is CS(=O)(=O)N(CCN1CCOCC1)CC(=O)N1CCCCCC1. The van der Waals surface area contributed by atoms with E-state index in [1.54, 1.807) is 0 Å². The third-order valence-corrected chi connectivity index (χ3v) is 5.76. The Labute approximate surface area is 139 Å². The van der Waals surface area contributed by atoms with E-state index in [1.165, 1.54) is 10.6 Å². The van der Waals surface area contributed by atoms with Crippen molar-refractivity contribution in [2.75, 3.05) is 65.3 Å². The van der Waals surface area contributed by atoms with Crippen LogP contribution in [0.5, 0.6) is 0 Å². The van der Waals surface area contributed by atoms with Gasteiger partial charge in [-0.25, -0.2) is 8.42 Å². The van der Waals surface area contributed by atoms with Gasteiger partial charge >= 0.3 is 0 Å². The number of hydrogen-bond acceptors (Lipinski definition) is 5. The second-order valence-electron chi connectivity index (χ2n) is 6.35. The maximum Gasteiger partial charge on any atom is 0.237 e. The predicted molar refractivity (Wildman–Crippen MR) is 88.7 cm³/mol. The Kier molecular flexibility index (Phi) is 7.26. The molecule has 7 nitrogen and oxygen atoms in total. The van der Waals surface area contributed by atoms with Gasteiger partial charge in [-0.3, -0.25) is 9.69 Å². The van der Waals surface area contributed by atoms with E-state index in [0.717, 1.165) is 51.9 Å². The molecule has 0 aromatic rings. The first kappa shape index (κ1) is 18.6. The number of likely N-dealkylation sites (tertiary alicyclic amines) is 1. The molecular weight excluding hydrogens is 318 g/mol. The van der Waals surface area contributed by atoms with Crippen LogP contribution in [-0.4, -0.2) is 93.7 Å². The molecule has 0 N–H and O–H groups in total. The van der Waals surface area contributed by atoms with E-state index >= 15 is 0 Å². The Balaban J connectivity index is 1.88. The summed E-state index contributed by atoms with van der Waals surface area (Å²) in [5.41, 5.74) is 0. The molecule has 8 heteroatoms. The molecule has 0 unspecified atom stereocenters. The van der Waals surface area contributed by atoms with Crippen LogP contribution in [0.25, 0.3) is 0 Å². The van der Waals surface area contributed by atoms with Crippen molar-refractivity contribution < 1.29 is 17.9 Å². The molecule has 0 atom stereocenters. The van der Waals surface area contributed by atoms with Crippen LogP contribution in [0.1, 0.15) is 25.7 Å². The van der Waals surface area contributed by atoms with Gasteiger partial charge in [0.15, 0.2) is 0 Å². The summed E-state index contributed by atoms with van der Waals surface area (Å²) in [6.07, 6.45) is 5.51. The van der Waals surface area contributed by atoms with E-state index in [1.807, 2.05) is 4.90 Å². The predicted octanol–water partition coefficient (Wildman–Crippen LogP) is -0.0172. The number of hydrogen-bond donors (Lipinski definition) is 0. The zero-order chi connectivity index (χ0) is 16.7. The van der Waals surface area contributed by atoms with Crippen molar-refractivity contribution in [3.8, 4) is 0 Å². The highest BCUT2D eigenvalue weighted by atomic mass is 32.2. The molecule has 0 aromatic heterocycles. The van der Waals surface area contributed by atoms with E-state index in [9.17, 15) is 13.2 Å². The second-order valence-corrected chi connectivity index (χ2v) is 8.33. The number of amides is 1. The van der Waals surface area contributed by atoms with Crippen LogP contribution >= 0.6 is 0 Å². The van der Waals surface area contributed by atoms with E-state index in [4.69, 9.17) is 4.74 Å². The lowest BCUT2D eigenvalue weighted by molar-refractivity contribution is -0.131. The normalized spacial score (nSPS) is 21.4. The van der Waals surface area contributed by atoms with E-state index in [2.05, 4.69) is 4.90 Å². The molecule has 2 saturated heterocycles. The standard InChI is InChI=1S/C15H29N3O4S/c1-23(20,21)18(9-8-16-10-12-22-13-11-16)14-15(19)17-6-4-2-3-5-7-17/h2-14H2,1H3. The third-order valence-electron chi connectivity index (χ3n) is 4.51. The average molecular weight is 347 g/mol. The summed E-state index contributed by atoms with van der Waals surface area (Å²) < 4.78 is 30.6. The molecule has 0 aromatic carbocycles. The largest absolute Gasteiger partial charge is 0.379 e. The first-order chi connectivity index (χ1) is 11.0. The molecule has 2 heterocycles. The summed E-state index contributed by atoms with van der Waals surface area (Å²) in [4.78, 5) is 16.4. The van der Waals surface area contributed by atoms with Crippen LogP contribution in [-0.2, 0) is 19.6 Å². The summed E-state index contributed by atoms with van der Waals surface area (Å²) in [7, 11) is -3.38. The van der Waals surface area contributed by atoms with Gasteiger partial charge < -0.3 is 9.64 Å². The molecule has 2 rings (SSSR count). The van der Waals surface area contributed by atoms with E-state index in [-0.39, 0.29) is 12.5 Å². The fourth-order valence-electron chi connectivity index (χ4n) is 3.01. The van der Waals surface area contributed by atoms with Crippen molar-refractivity contribution in [3.63, 3.8) is 0 Å². The number of ether oxygens (including phenoxy) is 1. The van der Waals surface area contributed by atoms with Gasteiger partial charge in [0.25, 0.3) is 0 Å². The second kappa shape index (κ2) is 8.96. The van der Waals surface area contributed by atoms with Crippen LogP contribution < -0.4 is 0 Å². The minimum atomic E-state index is -3.38. The summed E-state index contributed by atoms with van der Waals surface area (Å²) >= 11 is 0. The molecule has 134 valence electrons. The number of nitrogens with zero attached hydrogens (tertiary/aromatic N) is 3. The van der Waals surface area contributed by atoms with Crippen LogP contribution in [0.2, 0.25) is 0 Å². The summed E-state index contributed by atoms with van der Waals surface area (Å²) in [6, 6.07) is 0. The molecule has 0 bridgehead atoms. The molecule has 23 heavy (non-hydrogen) atoms. The molecule has 0 radical (unpaired) electrons. The Morgan fingerprint density at radius 1 is 1.04 bits per heavy atom. The van der Waals surface area contributed by atoms with Crippen LogP contribution in [0.3, 0.4) is 0 Å². The number of carbonyl (C=O) groups is 1. The minimum absolute atomic E-state index is 0.0385. The molecular formula is C15H29N3O4S. The quantitative estimate of drug-likeness (QED) is 0.675. The van der Waals surface area contributed by atoms with Crippen LogP contribution in [0.15, 0.2) is 0 Å². The monoisotopic (exact) mass is 347 g/mol. The Morgan fingerprint density at radius 3 is 2.22 bits per heavy atom. The Hall–Kier alpha value is -0.700. The van der Waals surface area contributed by atoms with Gasteiger partial charge in [-0.1, -0.05) is 12.8 Å².